The van der Waals surface area contributed by atoms with Gasteiger partial charge in [-0.2, -0.15) is 4.39 Å². The quantitative estimate of drug-likeness (QED) is 0.762. The smallest absolute Gasteiger partial charge is 0.200 e. The van der Waals surface area contributed by atoms with Crippen molar-refractivity contribution in [1.29, 1.82) is 0 Å². The number of benzene rings is 1. The third-order valence-corrected chi connectivity index (χ3v) is 3.83. The Labute approximate surface area is 107 Å². The Kier molecular flexibility index (Phi) is 4.20. The van der Waals surface area contributed by atoms with Crippen LogP contribution in [0, 0.1) is 17.6 Å². The lowest BCUT2D eigenvalue weighted by atomic mass is 9.79. The Balaban J connectivity index is 2.21. The van der Waals surface area contributed by atoms with Crippen LogP contribution in [-0.2, 0) is 0 Å². The summed E-state index contributed by atoms with van der Waals surface area (Å²) >= 11 is 0. The fourth-order valence-corrected chi connectivity index (χ4v) is 2.70. The van der Waals surface area contributed by atoms with Crippen molar-refractivity contribution >= 4 is 0 Å². The normalized spacial score (nSPS) is 24.0. The molecule has 0 aromatic heterocycles. The van der Waals surface area contributed by atoms with Crippen molar-refractivity contribution in [2.75, 3.05) is 6.61 Å². The van der Waals surface area contributed by atoms with E-state index in [0.717, 1.165) is 25.7 Å². The van der Waals surface area contributed by atoms with Gasteiger partial charge in [-0.3, -0.25) is 0 Å². The second kappa shape index (κ2) is 5.68. The molecular weight excluding hydrogens is 234 g/mol. The van der Waals surface area contributed by atoms with Gasteiger partial charge >= 0.3 is 0 Å². The van der Waals surface area contributed by atoms with E-state index in [1.807, 2.05) is 0 Å². The van der Waals surface area contributed by atoms with E-state index in [1.165, 1.54) is 0 Å². The highest BCUT2D eigenvalue weighted by Gasteiger charge is 2.24. The maximum atomic E-state index is 14.0. The summed E-state index contributed by atoms with van der Waals surface area (Å²) < 4.78 is 32.9. The zero-order chi connectivity index (χ0) is 13.1. The van der Waals surface area contributed by atoms with E-state index in [1.54, 1.807) is 19.1 Å². The van der Waals surface area contributed by atoms with Crippen LogP contribution in [-0.4, -0.2) is 6.61 Å². The molecule has 1 saturated carbocycles. The Morgan fingerprint density at radius 1 is 1.11 bits per heavy atom. The van der Waals surface area contributed by atoms with Gasteiger partial charge in [0, 0.05) is 0 Å². The Hall–Kier alpha value is -1.12. The van der Waals surface area contributed by atoms with Crippen molar-refractivity contribution in [3.8, 4) is 5.75 Å². The van der Waals surface area contributed by atoms with Crippen molar-refractivity contribution in [3.63, 3.8) is 0 Å². The monoisotopic (exact) mass is 254 g/mol. The molecule has 2 rings (SSSR count). The van der Waals surface area contributed by atoms with E-state index in [9.17, 15) is 8.78 Å². The molecule has 0 spiro atoms. The standard InChI is InChI=1S/C15H20F2O/c1-3-18-13-9-8-12(14(16)15(13)17)11-6-4-10(2)5-7-11/h8-11H,3-7H2,1-2H3. The zero-order valence-electron chi connectivity index (χ0n) is 11.0. The molecular formula is C15H20F2O. The number of rotatable bonds is 3. The SMILES string of the molecule is CCOc1ccc(C2CCC(C)CC2)c(F)c1F. The van der Waals surface area contributed by atoms with Gasteiger partial charge in [-0.25, -0.2) is 4.39 Å². The van der Waals surface area contributed by atoms with Crippen LogP contribution in [0.1, 0.15) is 51.0 Å². The van der Waals surface area contributed by atoms with Crippen LogP contribution < -0.4 is 4.74 Å². The zero-order valence-corrected chi connectivity index (χ0v) is 11.0. The predicted molar refractivity (Wildman–Crippen MR) is 67.9 cm³/mol. The van der Waals surface area contributed by atoms with Gasteiger partial charge in [0.25, 0.3) is 0 Å². The van der Waals surface area contributed by atoms with Gasteiger partial charge < -0.3 is 4.74 Å². The molecule has 0 bridgehead atoms. The van der Waals surface area contributed by atoms with Crippen molar-refractivity contribution in [2.24, 2.45) is 5.92 Å². The summed E-state index contributed by atoms with van der Waals surface area (Å²) in [6.07, 6.45) is 4.09. The largest absolute Gasteiger partial charge is 0.491 e. The molecule has 0 atom stereocenters. The summed E-state index contributed by atoms with van der Waals surface area (Å²) in [6.45, 7) is 4.32. The van der Waals surface area contributed by atoms with Gasteiger partial charge in [0.05, 0.1) is 6.61 Å². The van der Waals surface area contributed by atoms with E-state index in [-0.39, 0.29) is 11.7 Å². The number of halogens is 2. The highest BCUT2D eigenvalue weighted by atomic mass is 19.2. The fourth-order valence-electron chi connectivity index (χ4n) is 2.70. The van der Waals surface area contributed by atoms with Crippen LogP contribution in [0.3, 0.4) is 0 Å². The van der Waals surface area contributed by atoms with Crippen LogP contribution >= 0.6 is 0 Å². The van der Waals surface area contributed by atoms with E-state index in [4.69, 9.17) is 4.74 Å². The lowest BCUT2D eigenvalue weighted by Crippen LogP contribution is -2.13. The summed E-state index contributed by atoms with van der Waals surface area (Å²) in [7, 11) is 0. The van der Waals surface area contributed by atoms with Crippen LogP contribution in [0.4, 0.5) is 8.78 Å². The highest BCUT2D eigenvalue weighted by Crippen LogP contribution is 2.38. The average Bonchev–Trinajstić information content (AvgIpc) is 2.37. The van der Waals surface area contributed by atoms with Crippen molar-refractivity contribution in [3.05, 3.63) is 29.3 Å². The van der Waals surface area contributed by atoms with Crippen molar-refractivity contribution < 1.29 is 13.5 Å². The molecule has 3 heteroatoms. The minimum Gasteiger partial charge on any atom is -0.491 e. The van der Waals surface area contributed by atoms with Gasteiger partial charge in [-0.15, -0.1) is 0 Å². The molecule has 1 aliphatic rings. The van der Waals surface area contributed by atoms with E-state index in [0.29, 0.717) is 18.1 Å². The molecule has 0 heterocycles. The molecule has 0 N–H and O–H groups in total. The van der Waals surface area contributed by atoms with Gasteiger partial charge in [0.2, 0.25) is 5.82 Å². The second-order valence-corrected chi connectivity index (χ2v) is 5.17. The lowest BCUT2D eigenvalue weighted by Gasteiger charge is -2.27. The Morgan fingerprint density at radius 2 is 1.78 bits per heavy atom. The molecule has 1 aromatic rings. The van der Waals surface area contributed by atoms with E-state index in [2.05, 4.69) is 6.92 Å². The van der Waals surface area contributed by atoms with Crippen LogP contribution in [0.2, 0.25) is 0 Å². The van der Waals surface area contributed by atoms with E-state index >= 15 is 0 Å². The molecule has 1 aliphatic carbocycles. The highest BCUT2D eigenvalue weighted by molar-refractivity contribution is 5.33. The Morgan fingerprint density at radius 3 is 2.39 bits per heavy atom. The summed E-state index contributed by atoms with van der Waals surface area (Å²) in [5, 5.41) is 0. The molecule has 1 aromatic carbocycles. The minimum absolute atomic E-state index is 0.0166. The van der Waals surface area contributed by atoms with Gasteiger partial charge in [0.1, 0.15) is 0 Å². The van der Waals surface area contributed by atoms with Crippen LogP contribution in [0.15, 0.2) is 12.1 Å². The first kappa shape index (κ1) is 13.3. The van der Waals surface area contributed by atoms with Crippen molar-refractivity contribution in [2.45, 2.75) is 45.4 Å². The van der Waals surface area contributed by atoms with Crippen molar-refractivity contribution in [1.82, 2.24) is 0 Å². The first-order valence-electron chi connectivity index (χ1n) is 6.74. The topological polar surface area (TPSA) is 9.23 Å². The van der Waals surface area contributed by atoms with Crippen LogP contribution in [0.5, 0.6) is 5.75 Å². The van der Waals surface area contributed by atoms with Crippen LogP contribution in [0.25, 0.3) is 0 Å². The third kappa shape index (κ3) is 2.65. The number of hydrogen-bond donors (Lipinski definition) is 0. The van der Waals surface area contributed by atoms with Gasteiger partial charge in [0.15, 0.2) is 11.6 Å². The maximum Gasteiger partial charge on any atom is 0.200 e. The summed E-state index contributed by atoms with van der Waals surface area (Å²) in [5.74, 6) is -0.681. The fraction of sp³-hybridized carbons (Fsp3) is 0.600. The molecule has 0 radical (unpaired) electrons. The predicted octanol–water partition coefficient (Wildman–Crippen LogP) is 4.66. The molecule has 0 aliphatic heterocycles. The maximum absolute atomic E-state index is 14.0. The van der Waals surface area contributed by atoms with Gasteiger partial charge in [-0.05, 0) is 43.2 Å². The molecule has 0 saturated heterocycles. The Bertz CT molecular complexity index is 409. The number of ether oxygens (including phenoxy) is 1. The summed E-state index contributed by atoms with van der Waals surface area (Å²) in [5.41, 5.74) is 0.517. The third-order valence-electron chi connectivity index (χ3n) is 3.83. The molecule has 1 fully saturated rings. The molecule has 0 amide bonds. The summed E-state index contributed by atoms with van der Waals surface area (Å²) in [4.78, 5) is 0. The van der Waals surface area contributed by atoms with Gasteiger partial charge in [-0.1, -0.05) is 25.8 Å². The first-order valence-corrected chi connectivity index (χ1v) is 6.74. The molecule has 1 nitrogen and oxygen atoms in total. The molecule has 18 heavy (non-hydrogen) atoms. The average molecular weight is 254 g/mol. The second-order valence-electron chi connectivity index (χ2n) is 5.17. The van der Waals surface area contributed by atoms with E-state index < -0.39 is 11.6 Å². The lowest BCUT2D eigenvalue weighted by molar-refractivity contribution is 0.308. The molecule has 100 valence electrons. The molecule has 0 unspecified atom stereocenters. The minimum atomic E-state index is -0.840. The number of hydrogen-bond acceptors (Lipinski definition) is 1. The summed E-state index contributed by atoms with van der Waals surface area (Å²) in [6, 6.07) is 3.24. The first-order chi connectivity index (χ1) is 8.63.